The van der Waals surface area contributed by atoms with Crippen molar-refractivity contribution in [3.8, 4) is 0 Å². The number of nitrogens with one attached hydrogen (secondary N) is 1. The molecular formula is C11H12N2O2. The van der Waals surface area contributed by atoms with E-state index >= 15 is 0 Å². The molecule has 0 radical (unpaired) electrons. The molecule has 4 heteroatoms. The van der Waals surface area contributed by atoms with Gasteiger partial charge >= 0.3 is 0 Å². The summed E-state index contributed by atoms with van der Waals surface area (Å²) in [5.74, 6) is -0.253. The van der Waals surface area contributed by atoms with E-state index in [9.17, 15) is 4.79 Å². The van der Waals surface area contributed by atoms with Gasteiger partial charge in [-0.15, -0.1) is 0 Å². The molecule has 1 heterocycles. The van der Waals surface area contributed by atoms with Gasteiger partial charge in [0.1, 0.15) is 0 Å². The number of carbonyl (C=O) groups excluding carboxylic acids is 1. The lowest BCUT2D eigenvalue weighted by molar-refractivity contribution is -0.116. The van der Waals surface area contributed by atoms with Crippen molar-refractivity contribution in [2.75, 3.05) is 5.32 Å². The number of carbonyl (C=O) groups is 1. The Morgan fingerprint density at radius 1 is 1.53 bits per heavy atom. The quantitative estimate of drug-likeness (QED) is 0.439. The van der Waals surface area contributed by atoms with Crippen LogP contribution in [0.4, 0.5) is 5.69 Å². The standard InChI is InChI=1S/C11H12N2O2/c1-7(13-15)6-9-8-4-2-3-5-10(8)12-11(9)14/h2-5,9,15H,6H2,1H3,(H,12,14)/b13-7+. The minimum absolute atomic E-state index is 0.0285. The van der Waals surface area contributed by atoms with Gasteiger partial charge in [-0.2, -0.15) is 0 Å². The number of amides is 1. The highest BCUT2D eigenvalue weighted by Gasteiger charge is 2.30. The molecule has 1 amide bonds. The predicted octanol–water partition coefficient (Wildman–Crippen LogP) is 1.96. The number of benzene rings is 1. The van der Waals surface area contributed by atoms with Crippen molar-refractivity contribution in [1.82, 2.24) is 0 Å². The van der Waals surface area contributed by atoms with Crippen molar-refractivity contribution in [3.05, 3.63) is 29.8 Å². The summed E-state index contributed by atoms with van der Waals surface area (Å²) in [6.45, 7) is 1.70. The zero-order chi connectivity index (χ0) is 10.8. The third-order valence-corrected chi connectivity index (χ3v) is 2.58. The Morgan fingerprint density at radius 3 is 3.00 bits per heavy atom. The fraction of sp³-hybridized carbons (Fsp3) is 0.273. The molecule has 15 heavy (non-hydrogen) atoms. The van der Waals surface area contributed by atoms with Crippen molar-refractivity contribution in [1.29, 1.82) is 0 Å². The van der Waals surface area contributed by atoms with Crippen LogP contribution in [-0.4, -0.2) is 16.8 Å². The molecule has 0 spiro atoms. The van der Waals surface area contributed by atoms with E-state index in [4.69, 9.17) is 5.21 Å². The Morgan fingerprint density at radius 2 is 2.27 bits per heavy atom. The van der Waals surface area contributed by atoms with Crippen LogP contribution >= 0.6 is 0 Å². The summed E-state index contributed by atoms with van der Waals surface area (Å²) in [5, 5.41) is 14.5. The number of fused-ring (bicyclic) bond motifs is 1. The lowest BCUT2D eigenvalue weighted by Gasteiger charge is -2.06. The molecule has 0 saturated carbocycles. The van der Waals surface area contributed by atoms with Crippen LogP contribution < -0.4 is 5.32 Å². The van der Waals surface area contributed by atoms with Crippen LogP contribution in [0.1, 0.15) is 24.8 Å². The third-order valence-electron chi connectivity index (χ3n) is 2.58. The summed E-state index contributed by atoms with van der Waals surface area (Å²) < 4.78 is 0. The Hall–Kier alpha value is -1.84. The van der Waals surface area contributed by atoms with Gasteiger partial charge in [-0.3, -0.25) is 4.79 Å². The second-order valence-corrected chi connectivity index (χ2v) is 3.67. The van der Waals surface area contributed by atoms with Crippen molar-refractivity contribution >= 4 is 17.3 Å². The smallest absolute Gasteiger partial charge is 0.232 e. The molecule has 1 aromatic carbocycles. The SMILES string of the molecule is C/C(CC1C(=O)Nc2ccccc21)=N\O. The molecule has 0 fully saturated rings. The Bertz CT molecular complexity index is 426. The summed E-state index contributed by atoms with van der Waals surface area (Å²) in [4.78, 5) is 11.6. The van der Waals surface area contributed by atoms with E-state index in [1.54, 1.807) is 6.92 Å². The van der Waals surface area contributed by atoms with E-state index in [1.165, 1.54) is 0 Å². The first-order chi connectivity index (χ1) is 7.22. The van der Waals surface area contributed by atoms with Gasteiger partial charge in [-0.1, -0.05) is 23.4 Å². The summed E-state index contributed by atoms with van der Waals surface area (Å²) in [5.41, 5.74) is 2.40. The number of hydrogen-bond donors (Lipinski definition) is 2. The molecule has 0 saturated heterocycles. The van der Waals surface area contributed by atoms with Gasteiger partial charge in [0.15, 0.2) is 0 Å². The maximum atomic E-state index is 11.6. The summed E-state index contributed by atoms with van der Waals surface area (Å²) in [7, 11) is 0. The predicted molar refractivity (Wildman–Crippen MR) is 57.3 cm³/mol. The highest BCUT2D eigenvalue weighted by Crippen LogP contribution is 2.34. The molecular weight excluding hydrogens is 192 g/mol. The van der Waals surface area contributed by atoms with E-state index in [-0.39, 0.29) is 11.8 Å². The molecule has 4 nitrogen and oxygen atoms in total. The first kappa shape index (κ1) is 9.71. The zero-order valence-corrected chi connectivity index (χ0v) is 8.40. The highest BCUT2D eigenvalue weighted by molar-refractivity contribution is 6.05. The van der Waals surface area contributed by atoms with Crippen LogP contribution in [0.5, 0.6) is 0 Å². The summed E-state index contributed by atoms with van der Waals surface area (Å²) in [6, 6.07) is 7.58. The molecule has 1 unspecified atom stereocenters. The molecule has 1 aliphatic heterocycles. The average molecular weight is 204 g/mol. The molecule has 0 aliphatic carbocycles. The Labute approximate surface area is 87.6 Å². The topological polar surface area (TPSA) is 61.7 Å². The minimum Gasteiger partial charge on any atom is -0.411 e. The minimum atomic E-state index is -0.225. The molecule has 1 atom stereocenters. The van der Waals surface area contributed by atoms with Gasteiger partial charge in [-0.25, -0.2) is 0 Å². The zero-order valence-electron chi connectivity index (χ0n) is 8.40. The van der Waals surface area contributed by atoms with E-state index < -0.39 is 0 Å². The molecule has 1 aliphatic rings. The van der Waals surface area contributed by atoms with E-state index in [0.717, 1.165) is 11.3 Å². The van der Waals surface area contributed by atoms with Crippen molar-refractivity contribution < 1.29 is 10.0 Å². The van der Waals surface area contributed by atoms with Crippen LogP contribution in [0.3, 0.4) is 0 Å². The fourth-order valence-electron chi connectivity index (χ4n) is 1.81. The van der Waals surface area contributed by atoms with Crippen molar-refractivity contribution in [3.63, 3.8) is 0 Å². The van der Waals surface area contributed by atoms with Gasteiger partial charge in [0.2, 0.25) is 5.91 Å². The fourth-order valence-corrected chi connectivity index (χ4v) is 1.81. The van der Waals surface area contributed by atoms with Gasteiger partial charge in [0, 0.05) is 12.1 Å². The molecule has 2 rings (SSSR count). The molecule has 0 aromatic heterocycles. The largest absolute Gasteiger partial charge is 0.411 e. The first-order valence-electron chi connectivity index (χ1n) is 4.79. The number of para-hydroxylation sites is 1. The number of nitrogens with zero attached hydrogens (tertiary/aromatic N) is 1. The van der Waals surface area contributed by atoms with Crippen LogP contribution in [0.25, 0.3) is 0 Å². The van der Waals surface area contributed by atoms with Crippen LogP contribution in [-0.2, 0) is 4.79 Å². The van der Waals surface area contributed by atoms with E-state index in [1.807, 2.05) is 24.3 Å². The van der Waals surface area contributed by atoms with Gasteiger partial charge in [-0.05, 0) is 18.6 Å². The lowest BCUT2D eigenvalue weighted by Crippen LogP contribution is -2.14. The second-order valence-electron chi connectivity index (χ2n) is 3.67. The van der Waals surface area contributed by atoms with Gasteiger partial charge in [0.05, 0.1) is 11.6 Å². The maximum absolute atomic E-state index is 11.6. The maximum Gasteiger partial charge on any atom is 0.232 e. The highest BCUT2D eigenvalue weighted by atomic mass is 16.4. The molecule has 78 valence electrons. The number of hydrogen-bond acceptors (Lipinski definition) is 3. The normalized spacial score (nSPS) is 19.9. The number of anilines is 1. The van der Waals surface area contributed by atoms with Gasteiger partial charge < -0.3 is 10.5 Å². The summed E-state index contributed by atoms with van der Waals surface area (Å²) >= 11 is 0. The average Bonchev–Trinajstić information content (AvgIpc) is 2.55. The number of oxime groups is 1. The molecule has 2 N–H and O–H groups in total. The summed E-state index contributed by atoms with van der Waals surface area (Å²) in [6.07, 6.45) is 0.458. The van der Waals surface area contributed by atoms with Gasteiger partial charge in [0.25, 0.3) is 0 Å². The van der Waals surface area contributed by atoms with Crippen molar-refractivity contribution in [2.45, 2.75) is 19.3 Å². The molecule has 0 bridgehead atoms. The third kappa shape index (κ3) is 1.70. The van der Waals surface area contributed by atoms with Crippen LogP contribution in [0.15, 0.2) is 29.4 Å². The van der Waals surface area contributed by atoms with E-state index in [2.05, 4.69) is 10.5 Å². The Balaban J connectivity index is 2.30. The monoisotopic (exact) mass is 204 g/mol. The van der Waals surface area contributed by atoms with Crippen LogP contribution in [0, 0.1) is 0 Å². The lowest BCUT2D eigenvalue weighted by atomic mass is 9.95. The molecule has 1 aromatic rings. The first-order valence-corrected chi connectivity index (χ1v) is 4.79. The number of rotatable bonds is 2. The van der Waals surface area contributed by atoms with E-state index in [0.29, 0.717) is 12.1 Å². The van der Waals surface area contributed by atoms with Crippen LogP contribution in [0.2, 0.25) is 0 Å². The Kier molecular flexibility index (Phi) is 2.41. The van der Waals surface area contributed by atoms with Crippen molar-refractivity contribution in [2.24, 2.45) is 5.16 Å². The second kappa shape index (κ2) is 3.73.